The zero-order valence-corrected chi connectivity index (χ0v) is 15.9. The highest BCUT2D eigenvalue weighted by Gasteiger charge is 2.32. The Morgan fingerprint density at radius 3 is 2.07 bits per heavy atom. The van der Waals surface area contributed by atoms with Crippen LogP contribution in [0.25, 0.3) is 5.70 Å². The topological polar surface area (TPSA) is 37.4 Å². The summed E-state index contributed by atoms with van der Waals surface area (Å²) in [5, 5.41) is 0. The summed E-state index contributed by atoms with van der Waals surface area (Å²) in [6, 6.07) is 24.4. The normalized spacial score (nSPS) is 17.2. The smallest absolute Gasteiger partial charge is 0.264 e. The molecule has 1 aliphatic rings. The molecule has 4 rings (SSSR count). The van der Waals surface area contributed by atoms with Crippen molar-refractivity contribution in [2.24, 2.45) is 0 Å². The van der Waals surface area contributed by atoms with E-state index in [1.165, 1.54) is 28.6 Å². The molecule has 0 N–H and O–H groups in total. The number of hydrogen-bond donors (Lipinski definition) is 0. The van der Waals surface area contributed by atoms with Crippen LogP contribution in [0.4, 0.5) is 4.39 Å². The van der Waals surface area contributed by atoms with E-state index in [1.807, 2.05) is 73.2 Å². The van der Waals surface area contributed by atoms with Crippen LogP contribution in [0.2, 0.25) is 0 Å². The van der Waals surface area contributed by atoms with E-state index in [0.29, 0.717) is 5.70 Å². The lowest BCUT2D eigenvalue weighted by atomic mass is 9.91. The minimum Gasteiger partial charge on any atom is -0.266 e. The second kappa shape index (κ2) is 7.60. The maximum atomic E-state index is 13.3. The lowest BCUT2D eigenvalue weighted by molar-refractivity contribution is 0.513. The maximum Gasteiger partial charge on any atom is 0.264 e. The molecule has 0 aliphatic carbocycles. The van der Waals surface area contributed by atoms with E-state index in [2.05, 4.69) is 0 Å². The van der Waals surface area contributed by atoms with Crippen LogP contribution in [-0.2, 0) is 10.0 Å². The van der Waals surface area contributed by atoms with Gasteiger partial charge in [0.1, 0.15) is 5.82 Å². The van der Waals surface area contributed by atoms with Gasteiger partial charge in [0.15, 0.2) is 0 Å². The van der Waals surface area contributed by atoms with E-state index in [4.69, 9.17) is 0 Å². The van der Waals surface area contributed by atoms with Crippen molar-refractivity contribution in [1.29, 1.82) is 0 Å². The Hall–Kier alpha value is -2.92. The third-order valence-corrected chi connectivity index (χ3v) is 6.58. The molecule has 1 aliphatic heterocycles. The molecule has 5 heteroatoms. The van der Waals surface area contributed by atoms with E-state index in [9.17, 15) is 12.8 Å². The number of nitrogens with zero attached hydrogens (tertiary/aromatic N) is 1. The quantitative estimate of drug-likeness (QED) is 0.636. The van der Waals surface area contributed by atoms with Gasteiger partial charge < -0.3 is 0 Å². The molecule has 0 spiro atoms. The number of hydrogen-bond acceptors (Lipinski definition) is 2. The van der Waals surface area contributed by atoms with E-state index in [-0.39, 0.29) is 17.4 Å². The summed E-state index contributed by atoms with van der Waals surface area (Å²) in [5.74, 6) is -0.455. The Balaban J connectivity index is 1.79. The highest BCUT2D eigenvalue weighted by atomic mass is 32.2. The van der Waals surface area contributed by atoms with Crippen molar-refractivity contribution in [1.82, 2.24) is 4.31 Å². The number of sulfonamides is 1. The SMILES string of the molecule is O=S(=O)(c1ccc(F)cc1)N1C[CH]C(c2ccccc2)C=C1c1ccccc1. The highest BCUT2D eigenvalue weighted by molar-refractivity contribution is 7.89. The summed E-state index contributed by atoms with van der Waals surface area (Å²) >= 11 is 0. The average molecular weight is 392 g/mol. The Morgan fingerprint density at radius 1 is 0.821 bits per heavy atom. The number of benzene rings is 3. The molecule has 0 bridgehead atoms. The highest BCUT2D eigenvalue weighted by Crippen LogP contribution is 2.36. The van der Waals surface area contributed by atoms with E-state index < -0.39 is 15.8 Å². The summed E-state index contributed by atoms with van der Waals surface area (Å²) in [6.45, 7) is 0.236. The Labute approximate surface area is 164 Å². The Kier molecular flexibility index (Phi) is 5.01. The molecule has 3 aromatic rings. The standard InChI is InChI=1S/C23H19FNO2S/c24-21-11-13-22(14-12-21)28(26,27)25-16-15-20(18-7-3-1-4-8-18)17-23(25)19-9-5-2-6-10-19/h1-15,17,20H,16H2. The van der Waals surface area contributed by atoms with Crippen molar-refractivity contribution in [3.8, 4) is 0 Å². The van der Waals surface area contributed by atoms with Crippen molar-refractivity contribution in [2.75, 3.05) is 6.54 Å². The van der Waals surface area contributed by atoms with E-state index in [1.54, 1.807) is 0 Å². The monoisotopic (exact) mass is 392 g/mol. The molecule has 1 heterocycles. The first-order chi connectivity index (χ1) is 13.6. The fourth-order valence-corrected chi connectivity index (χ4v) is 4.79. The van der Waals surface area contributed by atoms with Crippen LogP contribution in [0.1, 0.15) is 17.0 Å². The van der Waals surface area contributed by atoms with Crippen molar-refractivity contribution in [3.05, 3.63) is 114 Å². The van der Waals surface area contributed by atoms with Crippen LogP contribution in [0.15, 0.2) is 95.9 Å². The Bertz CT molecular complexity index is 1080. The Morgan fingerprint density at radius 2 is 1.43 bits per heavy atom. The van der Waals surface area contributed by atoms with Gasteiger partial charge in [-0.1, -0.05) is 66.7 Å². The summed E-state index contributed by atoms with van der Waals surface area (Å²) < 4.78 is 41.2. The van der Waals surface area contributed by atoms with Crippen molar-refractivity contribution < 1.29 is 12.8 Å². The van der Waals surface area contributed by atoms with Gasteiger partial charge in [0, 0.05) is 12.5 Å². The predicted molar refractivity (Wildman–Crippen MR) is 108 cm³/mol. The second-order valence-electron chi connectivity index (χ2n) is 6.58. The molecule has 1 unspecified atom stereocenters. The van der Waals surface area contributed by atoms with Crippen LogP contribution in [-0.4, -0.2) is 19.3 Å². The van der Waals surface area contributed by atoms with Crippen LogP contribution in [0, 0.1) is 12.2 Å². The fourth-order valence-electron chi connectivity index (χ4n) is 3.35. The minimum absolute atomic E-state index is 0.0103. The van der Waals surface area contributed by atoms with Gasteiger partial charge in [-0.25, -0.2) is 12.8 Å². The van der Waals surface area contributed by atoms with Crippen LogP contribution >= 0.6 is 0 Å². The molecule has 3 nitrogen and oxygen atoms in total. The fraction of sp³-hybridized carbons (Fsp3) is 0.0870. The molecule has 0 fully saturated rings. The maximum absolute atomic E-state index is 13.3. The van der Waals surface area contributed by atoms with Gasteiger partial charge in [0.2, 0.25) is 0 Å². The largest absolute Gasteiger partial charge is 0.266 e. The molecule has 141 valence electrons. The third-order valence-electron chi connectivity index (χ3n) is 4.79. The third kappa shape index (κ3) is 3.58. The van der Waals surface area contributed by atoms with Crippen molar-refractivity contribution >= 4 is 15.7 Å². The van der Waals surface area contributed by atoms with Gasteiger partial charge in [0.05, 0.1) is 10.6 Å². The molecule has 1 radical (unpaired) electrons. The lowest BCUT2D eigenvalue weighted by Crippen LogP contribution is -2.34. The average Bonchev–Trinajstić information content (AvgIpc) is 2.75. The number of rotatable bonds is 4. The van der Waals surface area contributed by atoms with Gasteiger partial charge in [-0.15, -0.1) is 0 Å². The van der Waals surface area contributed by atoms with Gasteiger partial charge in [-0.05, 0) is 41.8 Å². The second-order valence-corrected chi connectivity index (χ2v) is 8.44. The molecule has 0 saturated carbocycles. The molecular formula is C23H19FNO2S. The zero-order valence-electron chi connectivity index (χ0n) is 15.1. The van der Waals surface area contributed by atoms with Crippen LogP contribution < -0.4 is 0 Å². The van der Waals surface area contributed by atoms with E-state index in [0.717, 1.165) is 11.1 Å². The van der Waals surface area contributed by atoms with Gasteiger partial charge in [0.25, 0.3) is 10.0 Å². The first kappa shape index (κ1) is 18.4. The summed E-state index contributed by atoms with van der Waals surface area (Å²) in [6.07, 6.45) is 3.94. The van der Waals surface area contributed by atoms with Gasteiger partial charge in [-0.2, -0.15) is 0 Å². The lowest BCUT2D eigenvalue weighted by Gasteiger charge is -2.33. The van der Waals surface area contributed by atoms with Crippen LogP contribution in [0.3, 0.4) is 0 Å². The summed E-state index contributed by atoms with van der Waals surface area (Å²) in [4.78, 5) is 0.0716. The molecular weight excluding hydrogens is 373 g/mol. The van der Waals surface area contributed by atoms with E-state index >= 15 is 0 Å². The molecule has 1 atom stereocenters. The van der Waals surface area contributed by atoms with Crippen LogP contribution in [0.5, 0.6) is 0 Å². The first-order valence-electron chi connectivity index (χ1n) is 8.99. The number of halogens is 1. The molecule has 0 aromatic heterocycles. The summed E-state index contributed by atoms with van der Waals surface area (Å²) in [5.41, 5.74) is 2.55. The molecule has 28 heavy (non-hydrogen) atoms. The van der Waals surface area contributed by atoms with Crippen molar-refractivity contribution in [3.63, 3.8) is 0 Å². The van der Waals surface area contributed by atoms with Gasteiger partial charge in [-0.3, -0.25) is 4.31 Å². The minimum atomic E-state index is -3.81. The predicted octanol–water partition coefficient (Wildman–Crippen LogP) is 4.86. The molecule has 0 saturated heterocycles. The first-order valence-corrected chi connectivity index (χ1v) is 10.4. The van der Waals surface area contributed by atoms with Gasteiger partial charge >= 0.3 is 0 Å². The zero-order chi connectivity index (χ0) is 19.6. The van der Waals surface area contributed by atoms with Crippen molar-refractivity contribution in [2.45, 2.75) is 10.8 Å². The summed E-state index contributed by atoms with van der Waals surface area (Å²) in [7, 11) is -3.81. The number of allylic oxidation sites excluding steroid dienone is 1. The molecule has 3 aromatic carbocycles. The molecule has 0 amide bonds.